The summed E-state index contributed by atoms with van der Waals surface area (Å²) < 4.78 is 13.7. The van der Waals surface area contributed by atoms with Crippen LogP contribution in [-0.2, 0) is 13.0 Å². The predicted octanol–water partition coefficient (Wildman–Crippen LogP) is 5.37. The van der Waals surface area contributed by atoms with E-state index in [1.807, 2.05) is 41.8 Å². The average Bonchev–Trinajstić information content (AvgIpc) is 3.41. The van der Waals surface area contributed by atoms with Crippen LogP contribution in [0, 0.1) is 11.7 Å². The fourth-order valence-corrected chi connectivity index (χ4v) is 4.05. The van der Waals surface area contributed by atoms with Crippen LogP contribution in [0.1, 0.15) is 27.4 Å². The van der Waals surface area contributed by atoms with Crippen LogP contribution < -0.4 is 9.47 Å². The molecule has 8 heteroatoms. The molecule has 2 heterocycles. The maximum absolute atomic E-state index is 6.14. The fraction of sp³-hybridized carbons (Fsp3) is 0.174. The first-order valence-electron chi connectivity index (χ1n) is 9.72. The zero-order valence-electron chi connectivity index (χ0n) is 17.2. The van der Waals surface area contributed by atoms with Gasteiger partial charge in [-0.1, -0.05) is 42.0 Å². The number of para-hydroxylation sites is 1. The summed E-state index contributed by atoms with van der Waals surface area (Å²) in [5.74, 6) is 2.02. The molecule has 0 aliphatic carbocycles. The lowest BCUT2D eigenvalue weighted by Gasteiger charge is -2.13. The van der Waals surface area contributed by atoms with Crippen molar-refractivity contribution < 1.29 is 9.47 Å². The van der Waals surface area contributed by atoms with Gasteiger partial charge in [-0.3, -0.25) is 5.10 Å². The topological polar surface area (TPSA) is 64.4 Å². The molecule has 0 radical (unpaired) electrons. The molecular weight excluding hydrogens is 428 g/mol. The van der Waals surface area contributed by atoms with E-state index in [-0.39, 0.29) is 0 Å². The first-order valence-corrected chi connectivity index (χ1v) is 11.0. The lowest BCUT2D eigenvalue weighted by atomic mass is 10.1. The minimum Gasteiger partial charge on any atom is -0.493 e. The van der Waals surface area contributed by atoms with Gasteiger partial charge in [-0.05, 0) is 48.3 Å². The molecule has 2 aromatic carbocycles. The van der Waals surface area contributed by atoms with E-state index in [2.05, 4.69) is 40.4 Å². The van der Waals surface area contributed by atoms with Gasteiger partial charge in [-0.25, -0.2) is 0 Å². The van der Waals surface area contributed by atoms with Crippen LogP contribution in [0.5, 0.6) is 11.5 Å². The molecule has 0 atom stereocenters. The number of nitrogens with zero attached hydrogens (tertiary/aromatic N) is 3. The second kappa shape index (κ2) is 9.72. The van der Waals surface area contributed by atoms with Gasteiger partial charge in [0.25, 0.3) is 0 Å². The predicted molar refractivity (Wildman–Crippen MR) is 126 cm³/mol. The molecule has 6 nitrogen and oxygen atoms in total. The first-order chi connectivity index (χ1) is 15.1. The van der Waals surface area contributed by atoms with Crippen molar-refractivity contribution in [1.29, 1.82) is 0 Å². The van der Waals surface area contributed by atoms with Crippen molar-refractivity contribution in [3.05, 3.63) is 92.1 Å². The second-order valence-corrected chi connectivity index (χ2v) is 8.33. The Kier molecular flexibility index (Phi) is 6.59. The smallest absolute Gasteiger partial charge is 0.216 e. The van der Waals surface area contributed by atoms with E-state index in [0.29, 0.717) is 29.3 Å². The molecule has 0 bridgehead atoms. The average molecular weight is 451 g/mol. The number of methoxy groups -OCH3 is 1. The van der Waals surface area contributed by atoms with Gasteiger partial charge >= 0.3 is 0 Å². The van der Waals surface area contributed by atoms with Gasteiger partial charge in [0.05, 0.1) is 13.3 Å². The molecule has 0 unspecified atom stereocenters. The molecular formula is C23H22N4O2S2. The molecule has 4 rings (SSSR count). The molecule has 2 aromatic heterocycles. The monoisotopic (exact) mass is 450 g/mol. The summed E-state index contributed by atoms with van der Waals surface area (Å²) in [6.07, 6.45) is 2.37. The molecule has 1 N–H and O–H groups in total. The Labute approximate surface area is 189 Å². The van der Waals surface area contributed by atoms with Crippen molar-refractivity contribution in [2.75, 3.05) is 7.11 Å². The molecule has 0 saturated carbocycles. The van der Waals surface area contributed by atoms with Crippen molar-refractivity contribution in [2.45, 2.75) is 20.0 Å². The van der Waals surface area contributed by atoms with Gasteiger partial charge in [-0.2, -0.15) is 14.9 Å². The number of hydrogen-bond acceptors (Lipinski definition) is 6. The Hall–Kier alpha value is -3.23. The van der Waals surface area contributed by atoms with Gasteiger partial charge in [-0.15, -0.1) is 11.3 Å². The lowest BCUT2D eigenvalue weighted by molar-refractivity contribution is 0.284. The van der Waals surface area contributed by atoms with Gasteiger partial charge < -0.3 is 9.47 Å². The quantitative estimate of drug-likeness (QED) is 0.289. The Morgan fingerprint density at radius 3 is 2.84 bits per heavy atom. The van der Waals surface area contributed by atoms with Crippen molar-refractivity contribution in [3.8, 4) is 11.5 Å². The third-order valence-corrected chi connectivity index (χ3v) is 5.78. The van der Waals surface area contributed by atoms with Crippen LogP contribution in [0.3, 0.4) is 0 Å². The summed E-state index contributed by atoms with van der Waals surface area (Å²) in [4.78, 5) is 1.19. The van der Waals surface area contributed by atoms with Gasteiger partial charge in [0.1, 0.15) is 6.61 Å². The number of aryl methyl sites for hydroxylation is 1. The molecule has 0 aliphatic rings. The highest BCUT2D eigenvalue weighted by Gasteiger charge is 2.11. The second-order valence-electron chi connectivity index (χ2n) is 6.91. The lowest BCUT2D eigenvalue weighted by Crippen LogP contribution is -2.03. The summed E-state index contributed by atoms with van der Waals surface area (Å²) in [6, 6.07) is 18.0. The summed E-state index contributed by atoms with van der Waals surface area (Å²) in [5, 5.41) is 13.8. The molecule has 31 heavy (non-hydrogen) atoms. The maximum Gasteiger partial charge on any atom is 0.216 e. The zero-order chi connectivity index (χ0) is 21.6. The Morgan fingerprint density at radius 1 is 1.19 bits per heavy atom. The highest BCUT2D eigenvalue weighted by Crippen LogP contribution is 2.31. The van der Waals surface area contributed by atoms with Crippen LogP contribution in [0.2, 0.25) is 0 Å². The molecule has 158 valence electrons. The first kappa shape index (κ1) is 21.0. The van der Waals surface area contributed by atoms with Crippen molar-refractivity contribution in [3.63, 3.8) is 0 Å². The van der Waals surface area contributed by atoms with Crippen LogP contribution in [0.4, 0.5) is 0 Å². The molecule has 4 aromatic rings. The number of thiophene rings is 1. The third kappa shape index (κ3) is 5.10. The minimum absolute atomic E-state index is 0.428. The van der Waals surface area contributed by atoms with Crippen LogP contribution in [0.15, 0.2) is 65.1 Å². The molecule has 0 saturated heterocycles. The van der Waals surface area contributed by atoms with Crippen LogP contribution in [0.25, 0.3) is 0 Å². The summed E-state index contributed by atoms with van der Waals surface area (Å²) >= 11 is 7.04. The number of rotatable bonds is 8. The largest absolute Gasteiger partial charge is 0.493 e. The molecule has 0 fully saturated rings. The number of benzene rings is 2. The van der Waals surface area contributed by atoms with Crippen molar-refractivity contribution in [2.24, 2.45) is 5.10 Å². The molecule has 0 spiro atoms. The summed E-state index contributed by atoms with van der Waals surface area (Å²) in [7, 11) is 1.63. The van der Waals surface area contributed by atoms with Gasteiger partial charge in [0.15, 0.2) is 17.3 Å². The number of aromatic nitrogens is 3. The van der Waals surface area contributed by atoms with E-state index >= 15 is 0 Å². The highest BCUT2D eigenvalue weighted by atomic mass is 32.1. The van der Waals surface area contributed by atoms with Crippen LogP contribution >= 0.6 is 23.6 Å². The Balaban J connectivity index is 1.61. The van der Waals surface area contributed by atoms with Gasteiger partial charge in [0, 0.05) is 16.9 Å². The standard InChI is InChI=1S/C23H22N4O2S2/c1-16-6-3-7-17(12-16)15-29-22-18(8-4-10-20(22)28-2)14-24-27-21(25-26-23(27)30)13-19-9-5-11-31-19/h3-12,14H,13,15H2,1-2H3,(H,26,30)/b24-14-. The van der Waals surface area contributed by atoms with E-state index in [9.17, 15) is 0 Å². The minimum atomic E-state index is 0.428. The van der Waals surface area contributed by atoms with E-state index in [0.717, 1.165) is 17.0 Å². The number of hydrogen-bond donors (Lipinski definition) is 1. The van der Waals surface area contributed by atoms with Gasteiger partial charge in [0.2, 0.25) is 4.77 Å². The van der Waals surface area contributed by atoms with E-state index < -0.39 is 0 Å². The molecule has 0 aliphatic heterocycles. The molecule has 0 amide bonds. The van der Waals surface area contributed by atoms with Crippen molar-refractivity contribution in [1.82, 2.24) is 14.9 Å². The van der Waals surface area contributed by atoms with E-state index in [4.69, 9.17) is 21.7 Å². The summed E-state index contributed by atoms with van der Waals surface area (Å²) in [6.45, 7) is 2.49. The Bertz CT molecular complexity index is 1240. The third-order valence-electron chi connectivity index (χ3n) is 4.64. The number of ether oxygens (including phenoxy) is 2. The maximum atomic E-state index is 6.14. The number of nitrogens with one attached hydrogen (secondary N) is 1. The highest BCUT2D eigenvalue weighted by molar-refractivity contribution is 7.71. The SMILES string of the molecule is COc1cccc(/C=N\n2c(Cc3cccs3)n[nH]c2=S)c1OCc1cccc(C)c1. The summed E-state index contributed by atoms with van der Waals surface area (Å²) in [5.41, 5.74) is 3.07. The number of aromatic amines is 1. The van der Waals surface area contributed by atoms with Crippen molar-refractivity contribution >= 4 is 29.8 Å². The number of H-pyrrole nitrogens is 1. The van der Waals surface area contributed by atoms with E-state index in [1.165, 1.54) is 10.4 Å². The van der Waals surface area contributed by atoms with Crippen LogP contribution in [-0.4, -0.2) is 28.2 Å². The zero-order valence-corrected chi connectivity index (χ0v) is 18.9. The normalized spacial score (nSPS) is 11.2. The fourth-order valence-electron chi connectivity index (χ4n) is 3.15. The Morgan fingerprint density at radius 2 is 2.06 bits per heavy atom. The van der Waals surface area contributed by atoms with E-state index in [1.54, 1.807) is 29.3 Å².